The van der Waals surface area contributed by atoms with Crippen molar-refractivity contribution in [3.8, 4) is 28.0 Å². The molecule has 0 saturated carbocycles. The maximum Gasteiger partial charge on any atom is 0.201 e. The second-order valence-electron chi connectivity index (χ2n) is 7.73. The lowest BCUT2D eigenvalue weighted by Gasteiger charge is -2.28. The second kappa shape index (κ2) is 9.17. The van der Waals surface area contributed by atoms with Crippen LogP contribution >= 0.6 is 0 Å². The molecule has 1 saturated heterocycles. The molecule has 2 nitrogen and oxygen atoms in total. The van der Waals surface area contributed by atoms with Crippen molar-refractivity contribution >= 4 is 0 Å². The predicted molar refractivity (Wildman–Crippen MR) is 116 cm³/mol. The summed E-state index contributed by atoms with van der Waals surface area (Å²) in [5.41, 5.74) is 1.27. The van der Waals surface area contributed by atoms with Crippen LogP contribution in [0.1, 0.15) is 24.3 Å². The zero-order valence-corrected chi connectivity index (χ0v) is 17.5. The van der Waals surface area contributed by atoms with E-state index in [0.717, 1.165) is 0 Å². The van der Waals surface area contributed by atoms with Gasteiger partial charge in [-0.05, 0) is 41.7 Å². The molecule has 4 rings (SSSR count). The minimum atomic E-state index is -1.08. The molecule has 0 radical (unpaired) electrons. The molecular weight excluding hydrogens is 420 g/mol. The first-order valence-electron chi connectivity index (χ1n) is 10.3. The van der Waals surface area contributed by atoms with Crippen LogP contribution in [0.4, 0.5) is 17.6 Å². The molecule has 0 N–H and O–H groups in total. The maximum atomic E-state index is 14.9. The van der Waals surface area contributed by atoms with Gasteiger partial charge in [-0.3, -0.25) is 0 Å². The van der Waals surface area contributed by atoms with Crippen molar-refractivity contribution in [2.75, 3.05) is 13.7 Å². The van der Waals surface area contributed by atoms with E-state index in [1.165, 1.54) is 37.4 Å². The SMILES string of the molecule is C=CC1CCC(c2ccc(-c3ccc(-c4ccc(OC)c(F)c4F)cc3)c(F)c2F)CO1. The fraction of sp³-hybridized carbons (Fsp3) is 0.231. The third-order valence-corrected chi connectivity index (χ3v) is 5.90. The van der Waals surface area contributed by atoms with Gasteiger partial charge in [-0.15, -0.1) is 6.58 Å². The van der Waals surface area contributed by atoms with E-state index < -0.39 is 23.3 Å². The summed E-state index contributed by atoms with van der Waals surface area (Å²) >= 11 is 0. The van der Waals surface area contributed by atoms with E-state index in [2.05, 4.69) is 6.58 Å². The van der Waals surface area contributed by atoms with E-state index in [9.17, 15) is 17.6 Å². The second-order valence-corrected chi connectivity index (χ2v) is 7.73. The van der Waals surface area contributed by atoms with E-state index >= 15 is 0 Å². The van der Waals surface area contributed by atoms with Crippen LogP contribution in [0, 0.1) is 23.3 Å². The lowest BCUT2D eigenvalue weighted by atomic mass is 9.89. The fourth-order valence-corrected chi connectivity index (χ4v) is 4.05. The fourth-order valence-electron chi connectivity index (χ4n) is 4.05. The third kappa shape index (κ3) is 4.02. The summed E-state index contributed by atoms with van der Waals surface area (Å²) in [6.07, 6.45) is 3.05. The predicted octanol–water partition coefficient (Wildman–Crippen LogP) is 7.03. The highest BCUT2D eigenvalue weighted by molar-refractivity contribution is 5.71. The summed E-state index contributed by atoms with van der Waals surface area (Å²) in [4.78, 5) is 0. The Hall–Kier alpha value is -3.12. The summed E-state index contributed by atoms with van der Waals surface area (Å²) in [5.74, 6) is -4.35. The average Bonchev–Trinajstić information content (AvgIpc) is 2.83. The van der Waals surface area contributed by atoms with Crippen molar-refractivity contribution in [2.24, 2.45) is 0 Å². The zero-order chi connectivity index (χ0) is 22.8. The van der Waals surface area contributed by atoms with Gasteiger partial charge in [-0.1, -0.05) is 42.5 Å². The van der Waals surface area contributed by atoms with Crippen molar-refractivity contribution < 1.29 is 27.0 Å². The minimum Gasteiger partial charge on any atom is -0.494 e. The summed E-state index contributed by atoms with van der Waals surface area (Å²) in [6, 6.07) is 12.0. The number of hydrogen-bond donors (Lipinski definition) is 0. The normalized spacial score (nSPS) is 18.4. The number of rotatable bonds is 5. The Balaban J connectivity index is 1.60. The Morgan fingerprint density at radius 2 is 1.41 bits per heavy atom. The highest BCUT2D eigenvalue weighted by Gasteiger charge is 2.26. The van der Waals surface area contributed by atoms with Gasteiger partial charge in [0.05, 0.1) is 19.8 Å². The largest absolute Gasteiger partial charge is 0.494 e. The summed E-state index contributed by atoms with van der Waals surface area (Å²) in [6.45, 7) is 4.01. The lowest BCUT2D eigenvalue weighted by Crippen LogP contribution is -2.23. The molecule has 1 heterocycles. The summed E-state index contributed by atoms with van der Waals surface area (Å²) in [5, 5.41) is 0. The highest BCUT2D eigenvalue weighted by atomic mass is 19.2. The topological polar surface area (TPSA) is 18.5 Å². The first-order chi connectivity index (χ1) is 15.4. The molecule has 2 atom stereocenters. The number of hydrogen-bond acceptors (Lipinski definition) is 2. The van der Waals surface area contributed by atoms with E-state index in [0.29, 0.717) is 36.1 Å². The van der Waals surface area contributed by atoms with Crippen LogP contribution in [0.2, 0.25) is 0 Å². The molecule has 0 aliphatic carbocycles. The molecule has 0 aromatic heterocycles. The Bertz CT molecular complexity index is 1130. The van der Waals surface area contributed by atoms with Crippen LogP contribution in [0.3, 0.4) is 0 Å². The van der Waals surface area contributed by atoms with Gasteiger partial charge in [0.2, 0.25) is 5.82 Å². The van der Waals surface area contributed by atoms with Crippen LogP contribution in [-0.4, -0.2) is 19.8 Å². The van der Waals surface area contributed by atoms with Crippen molar-refractivity contribution in [1.82, 2.24) is 0 Å². The average molecular weight is 442 g/mol. The molecule has 0 spiro atoms. The smallest absolute Gasteiger partial charge is 0.201 e. The standard InChI is InChI=1S/C26H22F4O2/c1-3-18-9-8-17(14-32-18)21-11-10-19(23(27)24(21)28)15-4-6-16(7-5-15)20-12-13-22(31-2)26(30)25(20)29/h3-7,10-13,17-18H,1,8-9,14H2,2H3. The van der Waals surface area contributed by atoms with Gasteiger partial charge < -0.3 is 9.47 Å². The molecule has 2 unspecified atom stereocenters. The molecule has 1 fully saturated rings. The van der Waals surface area contributed by atoms with E-state index in [-0.39, 0.29) is 28.9 Å². The first kappa shape index (κ1) is 22.1. The zero-order valence-electron chi connectivity index (χ0n) is 17.5. The molecule has 1 aliphatic rings. The van der Waals surface area contributed by atoms with Crippen LogP contribution < -0.4 is 4.74 Å². The van der Waals surface area contributed by atoms with Gasteiger partial charge in [-0.25, -0.2) is 13.2 Å². The molecular formula is C26H22F4O2. The van der Waals surface area contributed by atoms with Gasteiger partial charge in [0, 0.05) is 17.0 Å². The van der Waals surface area contributed by atoms with Crippen molar-refractivity contribution in [1.29, 1.82) is 0 Å². The molecule has 166 valence electrons. The Labute approximate surface area is 184 Å². The maximum absolute atomic E-state index is 14.9. The molecule has 3 aromatic carbocycles. The molecule has 0 amide bonds. The molecule has 3 aromatic rings. The highest BCUT2D eigenvalue weighted by Crippen LogP contribution is 2.36. The van der Waals surface area contributed by atoms with Crippen LogP contribution in [0.5, 0.6) is 5.75 Å². The van der Waals surface area contributed by atoms with Crippen molar-refractivity contribution in [3.63, 3.8) is 0 Å². The first-order valence-corrected chi connectivity index (χ1v) is 10.3. The number of halogens is 4. The molecule has 32 heavy (non-hydrogen) atoms. The van der Waals surface area contributed by atoms with Gasteiger partial charge in [-0.2, -0.15) is 4.39 Å². The summed E-state index contributed by atoms with van der Waals surface area (Å²) < 4.78 is 68.6. The van der Waals surface area contributed by atoms with Gasteiger partial charge in [0.1, 0.15) is 0 Å². The minimum absolute atomic E-state index is 0.0481. The number of benzene rings is 3. The monoisotopic (exact) mass is 442 g/mol. The lowest BCUT2D eigenvalue weighted by molar-refractivity contribution is 0.0320. The van der Waals surface area contributed by atoms with Crippen molar-refractivity contribution in [3.05, 3.63) is 90.0 Å². The number of ether oxygens (including phenoxy) is 2. The van der Waals surface area contributed by atoms with E-state index in [4.69, 9.17) is 9.47 Å². The Morgan fingerprint density at radius 3 is 1.94 bits per heavy atom. The van der Waals surface area contributed by atoms with Gasteiger partial charge in [0.15, 0.2) is 23.2 Å². The number of methoxy groups -OCH3 is 1. The third-order valence-electron chi connectivity index (χ3n) is 5.90. The Morgan fingerprint density at radius 1 is 0.812 bits per heavy atom. The molecule has 0 bridgehead atoms. The quantitative estimate of drug-likeness (QED) is 0.312. The van der Waals surface area contributed by atoms with Gasteiger partial charge >= 0.3 is 0 Å². The van der Waals surface area contributed by atoms with E-state index in [1.54, 1.807) is 24.3 Å². The summed E-state index contributed by atoms with van der Waals surface area (Å²) in [7, 11) is 1.25. The van der Waals surface area contributed by atoms with Crippen LogP contribution in [0.15, 0.2) is 61.2 Å². The van der Waals surface area contributed by atoms with Crippen LogP contribution in [-0.2, 0) is 4.74 Å². The molecule has 6 heteroatoms. The van der Waals surface area contributed by atoms with Crippen LogP contribution in [0.25, 0.3) is 22.3 Å². The van der Waals surface area contributed by atoms with Crippen molar-refractivity contribution in [2.45, 2.75) is 24.9 Å². The van der Waals surface area contributed by atoms with E-state index in [1.807, 2.05) is 0 Å². The molecule has 1 aliphatic heterocycles. The Kier molecular flexibility index (Phi) is 6.33. The van der Waals surface area contributed by atoms with Gasteiger partial charge in [0.25, 0.3) is 0 Å².